The molecular weight excluding hydrogens is 1040 g/mol. The van der Waals surface area contributed by atoms with Gasteiger partial charge in [-0.3, -0.25) is 24.4 Å². The lowest BCUT2D eigenvalue weighted by atomic mass is 10.0. The highest BCUT2D eigenvalue weighted by atomic mass is 79.9. The summed E-state index contributed by atoms with van der Waals surface area (Å²) in [5, 5.41) is 8.25. The second-order valence-corrected chi connectivity index (χ2v) is 20.7. The molecule has 3 N–H and O–H groups in total. The molecule has 9 nitrogen and oxygen atoms in total. The number of thioether (sulfide) groups is 2. The second kappa shape index (κ2) is 33.0. The lowest BCUT2D eigenvalue weighted by molar-refractivity contribution is -0.129. The van der Waals surface area contributed by atoms with Gasteiger partial charge in [-0.05, 0) is 97.1 Å². The number of nitrogens with zero attached hydrogens (tertiary/aromatic N) is 2. The van der Waals surface area contributed by atoms with E-state index in [4.69, 9.17) is 9.73 Å². The van der Waals surface area contributed by atoms with Crippen molar-refractivity contribution in [2.75, 3.05) is 26.3 Å². The summed E-state index contributed by atoms with van der Waals surface area (Å²) in [4.78, 5) is 48.7. The van der Waals surface area contributed by atoms with Crippen LogP contribution in [0.25, 0.3) is 0 Å². The Balaban J connectivity index is 0.000000237. The maximum atomic E-state index is 11.5. The van der Waals surface area contributed by atoms with Crippen LogP contribution in [0.3, 0.4) is 0 Å². The van der Waals surface area contributed by atoms with Gasteiger partial charge in [-0.1, -0.05) is 161 Å². The molecule has 374 valence electrons. The normalized spacial score (nSPS) is 16.7. The van der Waals surface area contributed by atoms with Gasteiger partial charge < -0.3 is 20.7 Å². The van der Waals surface area contributed by atoms with Gasteiger partial charge >= 0.3 is 0 Å². The summed E-state index contributed by atoms with van der Waals surface area (Å²) in [5.41, 5.74) is 8.26. The molecule has 70 heavy (non-hydrogen) atoms. The molecule has 0 aromatic heterocycles. The molecule has 13 heteroatoms. The largest absolute Gasteiger partial charge is 0.380 e. The van der Waals surface area contributed by atoms with Crippen LogP contribution in [0.5, 0.6) is 0 Å². The van der Waals surface area contributed by atoms with Crippen molar-refractivity contribution in [1.29, 1.82) is 0 Å². The number of carbonyl (C=O) groups is 3. The molecule has 4 aliphatic rings. The lowest BCUT2D eigenvalue weighted by Gasteiger charge is -2.16. The predicted molar refractivity (Wildman–Crippen MR) is 305 cm³/mol. The molecular formula is C57H71Br2N5O4S2. The molecule has 3 aromatic carbocycles. The summed E-state index contributed by atoms with van der Waals surface area (Å²) in [6.45, 7) is 25.7. The molecule has 3 atom stereocenters. The number of carbonyl (C=O) groups excluding carboxylic acids is 3. The van der Waals surface area contributed by atoms with Gasteiger partial charge in [-0.2, -0.15) is 0 Å². The molecule has 0 radical (unpaired) electrons. The van der Waals surface area contributed by atoms with E-state index in [1.165, 1.54) is 36.3 Å². The van der Waals surface area contributed by atoms with Crippen LogP contribution in [0, 0.1) is 11.8 Å². The number of fused-ring (bicyclic) bond motifs is 2. The van der Waals surface area contributed by atoms with Crippen LogP contribution >= 0.6 is 55.4 Å². The van der Waals surface area contributed by atoms with Crippen molar-refractivity contribution in [2.24, 2.45) is 21.8 Å². The maximum Gasteiger partial charge on any atom is 0.242 e. The first-order chi connectivity index (χ1) is 33.6. The van der Waals surface area contributed by atoms with Gasteiger partial charge in [0.25, 0.3) is 0 Å². The molecule has 3 amide bonds. The number of halogens is 2. The molecule has 3 heterocycles. The average molecular weight is 1110 g/mol. The molecule has 1 fully saturated rings. The summed E-state index contributed by atoms with van der Waals surface area (Å²) in [6, 6.07) is 24.8. The van der Waals surface area contributed by atoms with E-state index < -0.39 is 0 Å². The Morgan fingerprint density at radius 1 is 0.871 bits per heavy atom. The van der Waals surface area contributed by atoms with Gasteiger partial charge in [0.1, 0.15) is 6.04 Å². The minimum Gasteiger partial charge on any atom is -0.380 e. The number of hydrogen-bond donors (Lipinski definition) is 3. The predicted octanol–water partition coefficient (Wildman–Crippen LogP) is 14.2. The Hall–Kier alpha value is -4.79. The molecule has 3 aliphatic heterocycles. The van der Waals surface area contributed by atoms with E-state index >= 15 is 0 Å². The van der Waals surface area contributed by atoms with Crippen LogP contribution < -0.4 is 16.0 Å². The van der Waals surface area contributed by atoms with E-state index in [2.05, 4.69) is 198 Å². The van der Waals surface area contributed by atoms with Crippen LogP contribution in [0.4, 0.5) is 0 Å². The van der Waals surface area contributed by atoms with Crippen molar-refractivity contribution in [3.8, 4) is 0 Å². The van der Waals surface area contributed by atoms with Gasteiger partial charge in [-0.15, -0.1) is 13.2 Å². The highest BCUT2D eigenvalue weighted by Gasteiger charge is 2.23. The van der Waals surface area contributed by atoms with E-state index in [1.807, 2.05) is 31.8 Å². The van der Waals surface area contributed by atoms with Gasteiger partial charge in [0.05, 0.1) is 24.2 Å². The number of allylic oxidation sites excluding steroid dienone is 10. The lowest BCUT2D eigenvalue weighted by Crippen LogP contribution is -2.46. The Morgan fingerprint density at radius 2 is 1.54 bits per heavy atom. The molecule has 3 unspecified atom stereocenters. The third kappa shape index (κ3) is 21.3. The zero-order chi connectivity index (χ0) is 51.4. The van der Waals surface area contributed by atoms with Crippen LogP contribution in [-0.4, -0.2) is 62.0 Å². The van der Waals surface area contributed by atoms with Gasteiger partial charge in [0, 0.05) is 82.6 Å². The summed E-state index contributed by atoms with van der Waals surface area (Å²) < 4.78 is 7.29. The standard InChI is InChI=1S/C17H14BrNS.C12H13NS.C11H18N2O2.C9H17NO2.C8H9Br/c1-11-12(2)20-16-6-4-3-5-15(16)17(19-11)13-7-9-14(18)10-8-13;1-3-11-9(2)13-8-10-6-4-5-7-12(10)14-11;1-3-8(2)10(14)13-9-6-4-5-7-12-11(9)15;1-4-8(3)9(11)10-6-7-12-5-2;1-7-3-2-4-8(9)6-5-7/h3-10H,1-2H3;4-8H,3H2,1-2H3;3,8-9H,1,4-7H2,2H3,(H,12,15)(H,13,14);4,8H,1,5-7H2,2-3H3,(H,10,11);2,4-6H,3H2,1H3. The van der Waals surface area contributed by atoms with Crippen molar-refractivity contribution >= 4 is 85.0 Å². The zero-order valence-electron chi connectivity index (χ0n) is 42.1. The van der Waals surface area contributed by atoms with E-state index in [0.717, 1.165) is 63.7 Å². The van der Waals surface area contributed by atoms with Crippen molar-refractivity contribution < 1.29 is 19.1 Å². The molecule has 7 rings (SSSR count). The van der Waals surface area contributed by atoms with E-state index in [1.54, 1.807) is 30.8 Å². The van der Waals surface area contributed by atoms with Crippen LogP contribution in [-0.2, 0) is 19.1 Å². The fraction of sp³-hybridized carbons (Fsp3) is 0.351. The van der Waals surface area contributed by atoms with Crippen LogP contribution in [0.2, 0.25) is 0 Å². The highest BCUT2D eigenvalue weighted by Crippen LogP contribution is 2.37. The molecule has 0 spiro atoms. The number of amides is 3. The summed E-state index contributed by atoms with van der Waals surface area (Å²) in [6.07, 6.45) is 18.4. The number of rotatable bonds is 11. The van der Waals surface area contributed by atoms with Crippen molar-refractivity contribution in [2.45, 2.75) is 103 Å². The molecule has 0 bridgehead atoms. The average Bonchev–Trinajstić information content (AvgIpc) is 3.82. The second-order valence-electron chi connectivity index (χ2n) is 16.5. The number of ether oxygens (including phenoxy) is 1. The fourth-order valence-corrected chi connectivity index (χ4v) is 8.95. The Morgan fingerprint density at radius 3 is 2.23 bits per heavy atom. The van der Waals surface area contributed by atoms with E-state index in [-0.39, 0.29) is 35.6 Å². The Bertz CT molecular complexity index is 2460. The fourth-order valence-electron chi connectivity index (χ4n) is 6.43. The minimum absolute atomic E-state index is 0.00435. The number of hydrogen-bond acceptors (Lipinski definition) is 8. The summed E-state index contributed by atoms with van der Waals surface area (Å²) in [7, 11) is 0. The summed E-state index contributed by atoms with van der Waals surface area (Å²) in [5.74, 6) is -0.568. The molecule has 1 aliphatic carbocycles. The summed E-state index contributed by atoms with van der Waals surface area (Å²) >= 11 is 10.5. The van der Waals surface area contributed by atoms with Gasteiger partial charge in [0.2, 0.25) is 17.7 Å². The quantitative estimate of drug-likeness (QED) is 0.130. The number of nitrogens with one attached hydrogen (secondary N) is 3. The topological polar surface area (TPSA) is 121 Å². The van der Waals surface area contributed by atoms with E-state index in [0.29, 0.717) is 26.3 Å². The maximum absolute atomic E-state index is 11.5. The molecule has 0 saturated carbocycles. The van der Waals surface area contributed by atoms with E-state index in [9.17, 15) is 14.4 Å². The molecule has 1 saturated heterocycles. The number of aliphatic imine (C=N–C) groups is 2. The third-order valence-corrected chi connectivity index (χ3v) is 14.6. The van der Waals surface area contributed by atoms with Crippen LogP contribution in [0.1, 0.15) is 104 Å². The minimum atomic E-state index is -0.373. The first-order valence-corrected chi connectivity index (χ1v) is 27.0. The van der Waals surface area contributed by atoms with Gasteiger partial charge in [0.15, 0.2) is 0 Å². The first-order valence-electron chi connectivity index (χ1n) is 23.8. The van der Waals surface area contributed by atoms with Gasteiger partial charge in [-0.25, -0.2) is 0 Å². The Labute approximate surface area is 443 Å². The van der Waals surface area contributed by atoms with Crippen molar-refractivity contribution in [3.63, 3.8) is 0 Å². The smallest absolute Gasteiger partial charge is 0.242 e. The number of benzene rings is 3. The zero-order valence-corrected chi connectivity index (χ0v) is 46.9. The SMILES string of the molecule is C=CC(C)C(=O)NC1CCCCNC1=O.C=CC(C)C(=O)NCCOCC.CC1=C(C)Sc2ccccc2C(c2ccc(Br)cc2)=N1.CC1=CC=C(Br)C=CC1.CCC1=C(C)N=Cc2ccccc2S1. The van der Waals surface area contributed by atoms with Crippen molar-refractivity contribution in [1.82, 2.24) is 16.0 Å². The monoisotopic (exact) mass is 1110 g/mol. The third-order valence-electron chi connectivity index (χ3n) is 11.0. The Kier molecular flexibility index (Phi) is 28.0. The van der Waals surface area contributed by atoms with Crippen molar-refractivity contribution in [3.05, 3.63) is 175 Å². The highest BCUT2D eigenvalue weighted by molar-refractivity contribution is 9.12. The molecule has 3 aromatic rings. The first kappa shape index (κ1) is 59.5. The van der Waals surface area contributed by atoms with Crippen LogP contribution in [0.15, 0.2) is 178 Å².